The number of benzene rings is 2. The fourth-order valence-electron chi connectivity index (χ4n) is 2.29. The van der Waals surface area contributed by atoms with Crippen molar-refractivity contribution < 1.29 is 13.6 Å². The summed E-state index contributed by atoms with van der Waals surface area (Å²) >= 11 is 2.51. The van der Waals surface area contributed by atoms with Gasteiger partial charge in [0.2, 0.25) is 11.0 Å². The Kier molecular flexibility index (Phi) is 6.02. The summed E-state index contributed by atoms with van der Waals surface area (Å²) in [5.74, 6) is -1.89. The van der Waals surface area contributed by atoms with Gasteiger partial charge in [-0.3, -0.25) is 4.79 Å². The number of thioether (sulfide) groups is 1. The van der Waals surface area contributed by atoms with Crippen LogP contribution in [0.5, 0.6) is 0 Å². The average molecular weight is 406 g/mol. The van der Waals surface area contributed by atoms with Crippen LogP contribution in [0, 0.1) is 25.5 Å². The molecular formula is C18H16F2N4OS2. The van der Waals surface area contributed by atoms with Gasteiger partial charge in [-0.2, -0.15) is 0 Å². The minimum atomic E-state index is -0.816. The Bertz CT molecular complexity index is 978. The van der Waals surface area contributed by atoms with Gasteiger partial charge in [0.05, 0.1) is 11.4 Å². The fraction of sp³-hybridized carbons (Fsp3) is 0.167. The number of hydrogen-bond donors (Lipinski definition) is 2. The van der Waals surface area contributed by atoms with Gasteiger partial charge in [-0.25, -0.2) is 8.78 Å². The molecule has 0 aliphatic rings. The molecule has 0 saturated carbocycles. The number of nitrogens with one attached hydrogen (secondary N) is 2. The molecule has 2 N–H and O–H groups in total. The molecule has 0 saturated heterocycles. The van der Waals surface area contributed by atoms with E-state index in [1.54, 1.807) is 0 Å². The predicted octanol–water partition coefficient (Wildman–Crippen LogP) is 4.91. The molecule has 27 heavy (non-hydrogen) atoms. The van der Waals surface area contributed by atoms with Gasteiger partial charge in [0.15, 0.2) is 4.34 Å². The van der Waals surface area contributed by atoms with Gasteiger partial charge < -0.3 is 10.6 Å². The molecular weight excluding hydrogens is 390 g/mol. The lowest BCUT2D eigenvalue weighted by atomic mass is 10.1. The molecule has 0 spiro atoms. The van der Waals surface area contributed by atoms with Crippen LogP contribution in [0.3, 0.4) is 0 Å². The van der Waals surface area contributed by atoms with Crippen molar-refractivity contribution in [2.24, 2.45) is 0 Å². The number of halogens is 2. The minimum absolute atomic E-state index is 0.0367. The number of hydrogen-bond acceptors (Lipinski definition) is 6. The molecule has 0 fully saturated rings. The van der Waals surface area contributed by atoms with Crippen LogP contribution in [0.2, 0.25) is 0 Å². The predicted molar refractivity (Wildman–Crippen MR) is 105 cm³/mol. The molecule has 0 unspecified atom stereocenters. The number of carbonyl (C=O) groups is 1. The highest BCUT2D eigenvalue weighted by Crippen LogP contribution is 2.29. The van der Waals surface area contributed by atoms with Gasteiger partial charge in [-0.05, 0) is 37.6 Å². The van der Waals surface area contributed by atoms with Crippen molar-refractivity contribution >= 4 is 45.5 Å². The topological polar surface area (TPSA) is 66.9 Å². The van der Waals surface area contributed by atoms with Gasteiger partial charge in [0.25, 0.3) is 0 Å². The van der Waals surface area contributed by atoms with Gasteiger partial charge in [-0.1, -0.05) is 40.8 Å². The quantitative estimate of drug-likeness (QED) is 0.570. The normalized spacial score (nSPS) is 10.7. The second-order valence-corrected chi connectivity index (χ2v) is 7.98. The number of aryl methyl sites for hydroxylation is 2. The monoisotopic (exact) mass is 406 g/mol. The largest absolute Gasteiger partial charge is 0.330 e. The van der Waals surface area contributed by atoms with E-state index in [1.165, 1.54) is 34.7 Å². The second kappa shape index (κ2) is 8.45. The third-order valence-corrected chi connectivity index (χ3v) is 5.53. The lowest BCUT2D eigenvalue weighted by molar-refractivity contribution is -0.113. The number of anilines is 3. The van der Waals surface area contributed by atoms with Crippen LogP contribution < -0.4 is 10.6 Å². The molecule has 0 aliphatic heterocycles. The molecule has 5 nitrogen and oxygen atoms in total. The van der Waals surface area contributed by atoms with Crippen molar-refractivity contribution in [1.82, 2.24) is 10.2 Å². The second-order valence-electron chi connectivity index (χ2n) is 5.78. The first-order valence-electron chi connectivity index (χ1n) is 7.96. The molecule has 2 aromatic carbocycles. The van der Waals surface area contributed by atoms with E-state index in [0.717, 1.165) is 23.4 Å². The number of nitrogens with zero attached hydrogens (tertiary/aromatic N) is 2. The van der Waals surface area contributed by atoms with Crippen LogP contribution in [0.1, 0.15) is 11.1 Å². The summed E-state index contributed by atoms with van der Waals surface area (Å²) in [5.41, 5.74) is 3.16. The van der Waals surface area contributed by atoms with Gasteiger partial charge in [-0.15, -0.1) is 10.2 Å². The van der Waals surface area contributed by atoms with Crippen molar-refractivity contribution in [2.75, 3.05) is 16.4 Å². The summed E-state index contributed by atoms with van der Waals surface area (Å²) in [6.07, 6.45) is 0. The van der Waals surface area contributed by atoms with Crippen LogP contribution in [-0.2, 0) is 4.79 Å². The van der Waals surface area contributed by atoms with Crippen molar-refractivity contribution in [2.45, 2.75) is 18.2 Å². The lowest BCUT2D eigenvalue weighted by Gasteiger charge is -2.06. The van der Waals surface area contributed by atoms with E-state index >= 15 is 0 Å². The van der Waals surface area contributed by atoms with E-state index in [0.29, 0.717) is 9.47 Å². The van der Waals surface area contributed by atoms with Crippen LogP contribution in [0.4, 0.5) is 25.3 Å². The molecule has 0 radical (unpaired) electrons. The summed E-state index contributed by atoms with van der Waals surface area (Å²) < 4.78 is 27.0. The highest BCUT2D eigenvalue weighted by molar-refractivity contribution is 8.01. The smallest absolute Gasteiger partial charge is 0.234 e. The molecule has 1 amide bonds. The Morgan fingerprint density at radius 3 is 2.63 bits per heavy atom. The number of aromatic nitrogens is 2. The van der Waals surface area contributed by atoms with Gasteiger partial charge in [0.1, 0.15) is 11.6 Å². The van der Waals surface area contributed by atoms with E-state index in [4.69, 9.17) is 0 Å². The molecule has 140 valence electrons. The highest BCUT2D eigenvalue weighted by Gasteiger charge is 2.11. The van der Waals surface area contributed by atoms with Crippen LogP contribution in [0.25, 0.3) is 0 Å². The molecule has 9 heteroatoms. The van der Waals surface area contributed by atoms with E-state index in [2.05, 4.69) is 26.9 Å². The third kappa shape index (κ3) is 5.24. The van der Waals surface area contributed by atoms with Crippen LogP contribution in [-0.4, -0.2) is 21.9 Å². The third-order valence-electron chi connectivity index (χ3n) is 3.56. The maximum absolute atomic E-state index is 13.6. The SMILES string of the molecule is Cc1ccc(Nc2nnc(SCC(=O)Nc3ccc(F)cc3F)s2)c(C)c1. The highest BCUT2D eigenvalue weighted by atomic mass is 32.2. The molecule has 3 aromatic rings. The van der Waals surface area contributed by atoms with Gasteiger partial charge in [0, 0.05) is 11.8 Å². The molecule has 1 aromatic heterocycles. The first kappa shape index (κ1) is 19.2. The van der Waals surface area contributed by atoms with E-state index < -0.39 is 17.5 Å². The van der Waals surface area contributed by atoms with Crippen molar-refractivity contribution in [3.8, 4) is 0 Å². The van der Waals surface area contributed by atoms with Crippen molar-refractivity contribution in [3.05, 3.63) is 59.2 Å². The number of rotatable bonds is 6. The zero-order valence-electron chi connectivity index (χ0n) is 14.5. The summed E-state index contributed by atoms with van der Waals surface area (Å²) in [4.78, 5) is 11.9. The summed E-state index contributed by atoms with van der Waals surface area (Å²) in [7, 11) is 0. The fourth-order valence-corrected chi connectivity index (χ4v) is 3.86. The Morgan fingerprint density at radius 2 is 1.89 bits per heavy atom. The van der Waals surface area contributed by atoms with E-state index in [9.17, 15) is 13.6 Å². The summed E-state index contributed by atoms with van der Waals surface area (Å²) in [6, 6.07) is 9.04. The first-order chi connectivity index (χ1) is 12.9. The lowest BCUT2D eigenvalue weighted by Crippen LogP contribution is -2.15. The Labute approximate surface area is 163 Å². The maximum atomic E-state index is 13.6. The minimum Gasteiger partial charge on any atom is -0.330 e. The van der Waals surface area contributed by atoms with Crippen LogP contribution in [0.15, 0.2) is 40.7 Å². The molecule has 3 rings (SSSR count). The standard InChI is InChI=1S/C18H16F2N4OS2/c1-10-3-5-14(11(2)7-10)22-17-23-24-18(27-17)26-9-16(25)21-15-6-4-12(19)8-13(15)20/h3-8H,9H2,1-2H3,(H,21,25)(H,22,23). The zero-order chi connectivity index (χ0) is 19.4. The molecule has 0 bridgehead atoms. The zero-order valence-corrected chi connectivity index (χ0v) is 16.2. The molecule has 0 atom stereocenters. The van der Waals surface area contributed by atoms with Crippen molar-refractivity contribution in [3.63, 3.8) is 0 Å². The molecule has 1 heterocycles. The van der Waals surface area contributed by atoms with E-state index in [-0.39, 0.29) is 11.4 Å². The Hall–Kier alpha value is -2.52. The first-order valence-corrected chi connectivity index (χ1v) is 9.76. The van der Waals surface area contributed by atoms with Crippen molar-refractivity contribution in [1.29, 1.82) is 0 Å². The number of carbonyl (C=O) groups excluding carboxylic acids is 1. The summed E-state index contributed by atoms with van der Waals surface area (Å²) in [6.45, 7) is 4.03. The average Bonchev–Trinajstić information content (AvgIpc) is 3.06. The Morgan fingerprint density at radius 1 is 1.11 bits per heavy atom. The summed E-state index contributed by atoms with van der Waals surface area (Å²) in [5, 5.41) is 14.3. The van der Waals surface area contributed by atoms with Gasteiger partial charge >= 0.3 is 0 Å². The van der Waals surface area contributed by atoms with Crippen LogP contribution >= 0.6 is 23.1 Å². The molecule has 0 aliphatic carbocycles. The number of amides is 1. The maximum Gasteiger partial charge on any atom is 0.234 e. The Balaban J connectivity index is 1.55. The van der Waals surface area contributed by atoms with E-state index in [1.807, 2.05) is 26.0 Å².